The van der Waals surface area contributed by atoms with Crippen LogP contribution in [0.5, 0.6) is 11.5 Å². The minimum atomic E-state index is 0.0650. The Labute approximate surface area is 126 Å². The molecular weight excluding hydrogens is 262 g/mol. The first-order chi connectivity index (χ1) is 10.1. The minimum absolute atomic E-state index is 0.0650. The van der Waals surface area contributed by atoms with Crippen molar-refractivity contribution in [2.45, 2.75) is 24.3 Å². The molecule has 3 nitrogen and oxygen atoms in total. The molecule has 0 saturated carbocycles. The van der Waals surface area contributed by atoms with Gasteiger partial charge in [-0.15, -0.1) is 0 Å². The average molecular weight is 285 g/mol. The van der Waals surface area contributed by atoms with E-state index in [2.05, 4.69) is 42.8 Å². The van der Waals surface area contributed by atoms with E-state index in [1.54, 1.807) is 14.2 Å². The molecule has 0 spiro atoms. The third-order valence-corrected chi connectivity index (χ3v) is 5.00. The van der Waals surface area contributed by atoms with E-state index in [0.29, 0.717) is 6.04 Å². The molecule has 1 saturated heterocycles. The second-order valence-electron chi connectivity index (χ2n) is 6.05. The summed E-state index contributed by atoms with van der Waals surface area (Å²) in [5, 5.41) is 0. The van der Waals surface area contributed by atoms with E-state index in [4.69, 9.17) is 9.47 Å². The standard InChI is InChI=1S/C18H23NO2/c1-13-7-8-18(9-10-19(2)17(18)11-13)14-5-6-15(20-3)16(12-14)21-4/h5-8,12,17H,1,9-11H2,2-4H3. The molecule has 0 amide bonds. The number of hydrogen-bond donors (Lipinski definition) is 0. The van der Waals surface area contributed by atoms with Crippen molar-refractivity contribution < 1.29 is 9.47 Å². The first-order valence-corrected chi connectivity index (χ1v) is 7.40. The maximum absolute atomic E-state index is 5.48. The number of nitrogens with zero attached hydrogens (tertiary/aromatic N) is 1. The number of benzene rings is 1. The normalized spacial score (nSPS) is 28.5. The largest absolute Gasteiger partial charge is 0.493 e. The Morgan fingerprint density at radius 1 is 1.24 bits per heavy atom. The summed E-state index contributed by atoms with van der Waals surface area (Å²) in [6.45, 7) is 5.24. The zero-order valence-electron chi connectivity index (χ0n) is 13.1. The van der Waals surface area contributed by atoms with E-state index in [1.807, 2.05) is 6.07 Å². The summed E-state index contributed by atoms with van der Waals surface area (Å²) in [7, 11) is 5.57. The number of rotatable bonds is 3. The number of methoxy groups -OCH3 is 2. The zero-order chi connectivity index (χ0) is 15.0. The second kappa shape index (κ2) is 5.23. The molecule has 1 aromatic carbocycles. The fourth-order valence-corrected chi connectivity index (χ4v) is 3.75. The number of fused-ring (bicyclic) bond motifs is 1. The highest BCUT2D eigenvalue weighted by molar-refractivity contribution is 5.49. The molecule has 2 aliphatic rings. The number of ether oxygens (including phenoxy) is 2. The fraction of sp³-hybridized carbons (Fsp3) is 0.444. The highest BCUT2D eigenvalue weighted by Crippen LogP contribution is 2.47. The van der Waals surface area contributed by atoms with Gasteiger partial charge in [-0.3, -0.25) is 0 Å². The molecule has 1 aromatic rings. The molecule has 112 valence electrons. The molecule has 0 radical (unpaired) electrons. The summed E-state index contributed by atoms with van der Waals surface area (Å²) in [5.74, 6) is 1.58. The van der Waals surface area contributed by atoms with Crippen molar-refractivity contribution in [1.29, 1.82) is 0 Å². The minimum Gasteiger partial charge on any atom is -0.493 e. The second-order valence-corrected chi connectivity index (χ2v) is 6.05. The van der Waals surface area contributed by atoms with Crippen molar-refractivity contribution >= 4 is 0 Å². The van der Waals surface area contributed by atoms with Crippen LogP contribution in [0.3, 0.4) is 0 Å². The maximum Gasteiger partial charge on any atom is 0.161 e. The molecule has 1 aliphatic carbocycles. The molecule has 0 N–H and O–H groups in total. The first kappa shape index (κ1) is 14.2. The van der Waals surface area contributed by atoms with Gasteiger partial charge in [0, 0.05) is 11.5 Å². The van der Waals surface area contributed by atoms with Gasteiger partial charge in [-0.2, -0.15) is 0 Å². The van der Waals surface area contributed by atoms with Gasteiger partial charge in [-0.05, 0) is 44.1 Å². The Balaban J connectivity index is 2.09. The van der Waals surface area contributed by atoms with Crippen LogP contribution in [-0.4, -0.2) is 38.8 Å². The summed E-state index contributed by atoms with van der Waals surface area (Å²) in [6, 6.07) is 6.79. The fourth-order valence-electron chi connectivity index (χ4n) is 3.75. The summed E-state index contributed by atoms with van der Waals surface area (Å²) in [6.07, 6.45) is 6.69. The molecule has 0 aromatic heterocycles. The van der Waals surface area contributed by atoms with E-state index in [0.717, 1.165) is 30.9 Å². The lowest BCUT2D eigenvalue weighted by Gasteiger charge is -2.39. The van der Waals surface area contributed by atoms with Gasteiger partial charge in [0.1, 0.15) is 0 Å². The van der Waals surface area contributed by atoms with E-state index in [9.17, 15) is 0 Å². The van der Waals surface area contributed by atoms with E-state index in [1.165, 1.54) is 11.1 Å². The Morgan fingerprint density at radius 2 is 2.00 bits per heavy atom. The van der Waals surface area contributed by atoms with Gasteiger partial charge in [0.2, 0.25) is 0 Å². The Kier molecular flexibility index (Phi) is 3.54. The summed E-state index contributed by atoms with van der Waals surface area (Å²) in [5.41, 5.74) is 2.58. The van der Waals surface area contributed by atoms with Crippen LogP contribution < -0.4 is 9.47 Å². The number of likely N-dealkylation sites (N-methyl/N-ethyl adjacent to an activating group) is 1. The summed E-state index contributed by atoms with van der Waals surface area (Å²) in [4.78, 5) is 2.45. The van der Waals surface area contributed by atoms with Gasteiger partial charge >= 0.3 is 0 Å². The van der Waals surface area contributed by atoms with Crippen LogP contribution >= 0.6 is 0 Å². The van der Waals surface area contributed by atoms with Crippen LogP contribution in [0, 0.1) is 0 Å². The third-order valence-electron chi connectivity index (χ3n) is 5.00. The van der Waals surface area contributed by atoms with Crippen LogP contribution in [0.2, 0.25) is 0 Å². The molecule has 1 fully saturated rings. The van der Waals surface area contributed by atoms with Crippen molar-refractivity contribution in [3.05, 3.63) is 48.1 Å². The van der Waals surface area contributed by atoms with Crippen LogP contribution in [0.15, 0.2) is 42.5 Å². The third kappa shape index (κ3) is 2.16. The van der Waals surface area contributed by atoms with Crippen molar-refractivity contribution in [3.8, 4) is 11.5 Å². The lowest BCUT2D eigenvalue weighted by molar-refractivity contribution is 0.264. The monoisotopic (exact) mass is 285 g/mol. The number of allylic oxidation sites excluding steroid dienone is 1. The van der Waals surface area contributed by atoms with Gasteiger partial charge in [0.05, 0.1) is 14.2 Å². The molecule has 3 heteroatoms. The van der Waals surface area contributed by atoms with Gasteiger partial charge < -0.3 is 14.4 Å². The number of hydrogen-bond acceptors (Lipinski definition) is 3. The molecule has 2 atom stereocenters. The highest BCUT2D eigenvalue weighted by Gasteiger charge is 2.47. The van der Waals surface area contributed by atoms with Crippen molar-refractivity contribution in [3.63, 3.8) is 0 Å². The molecule has 2 unspecified atom stereocenters. The van der Waals surface area contributed by atoms with Gasteiger partial charge in [-0.25, -0.2) is 0 Å². The Hall–Kier alpha value is -1.74. The first-order valence-electron chi connectivity index (χ1n) is 7.40. The predicted octanol–water partition coefficient (Wildman–Crippen LogP) is 3.16. The summed E-state index contributed by atoms with van der Waals surface area (Å²) < 4.78 is 10.8. The van der Waals surface area contributed by atoms with Crippen molar-refractivity contribution in [2.75, 3.05) is 27.8 Å². The summed E-state index contributed by atoms with van der Waals surface area (Å²) >= 11 is 0. The van der Waals surface area contributed by atoms with Crippen molar-refractivity contribution in [1.82, 2.24) is 4.90 Å². The molecule has 1 aliphatic heterocycles. The van der Waals surface area contributed by atoms with Crippen LogP contribution in [-0.2, 0) is 5.41 Å². The lowest BCUT2D eigenvalue weighted by Crippen LogP contribution is -2.41. The molecular formula is C18H23NO2. The molecule has 21 heavy (non-hydrogen) atoms. The smallest absolute Gasteiger partial charge is 0.161 e. The van der Waals surface area contributed by atoms with E-state index < -0.39 is 0 Å². The van der Waals surface area contributed by atoms with Crippen LogP contribution in [0.1, 0.15) is 18.4 Å². The topological polar surface area (TPSA) is 21.7 Å². The molecule has 3 rings (SSSR count). The van der Waals surface area contributed by atoms with Gasteiger partial charge in [-0.1, -0.05) is 30.4 Å². The Bertz CT molecular complexity index is 593. The Morgan fingerprint density at radius 3 is 2.71 bits per heavy atom. The van der Waals surface area contributed by atoms with E-state index in [-0.39, 0.29) is 5.41 Å². The van der Waals surface area contributed by atoms with Crippen molar-refractivity contribution in [2.24, 2.45) is 0 Å². The lowest BCUT2D eigenvalue weighted by atomic mass is 9.69. The van der Waals surface area contributed by atoms with E-state index >= 15 is 0 Å². The molecule has 1 heterocycles. The van der Waals surface area contributed by atoms with Crippen LogP contribution in [0.25, 0.3) is 0 Å². The predicted molar refractivity (Wildman–Crippen MR) is 85.2 cm³/mol. The number of likely N-dealkylation sites (tertiary alicyclic amines) is 1. The SMILES string of the molecule is C=C1C=CC2(c3ccc(OC)c(OC)c3)CCN(C)C2C1. The van der Waals surface area contributed by atoms with Gasteiger partial charge in [0.15, 0.2) is 11.5 Å². The quantitative estimate of drug-likeness (QED) is 0.851. The highest BCUT2D eigenvalue weighted by atomic mass is 16.5. The molecule has 0 bridgehead atoms. The zero-order valence-corrected chi connectivity index (χ0v) is 13.1. The van der Waals surface area contributed by atoms with Crippen LogP contribution in [0.4, 0.5) is 0 Å². The average Bonchev–Trinajstić information content (AvgIpc) is 2.85. The maximum atomic E-state index is 5.48. The van der Waals surface area contributed by atoms with Gasteiger partial charge in [0.25, 0.3) is 0 Å².